The van der Waals surface area contributed by atoms with Crippen LogP contribution < -0.4 is 0 Å². The summed E-state index contributed by atoms with van der Waals surface area (Å²) in [6.45, 7) is 0. The van der Waals surface area contributed by atoms with Crippen LogP contribution in [0.1, 0.15) is 5.56 Å². The highest BCUT2D eigenvalue weighted by Crippen LogP contribution is 2.17. The molecule has 0 N–H and O–H groups in total. The fraction of sp³-hybridized carbons (Fsp3) is 0.250. The summed E-state index contributed by atoms with van der Waals surface area (Å²) >= 11 is 7.21. The fourth-order valence-electron chi connectivity index (χ4n) is 0.799. The number of benzene rings is 1. The molecule has 1 aromatic carbocycles. The lowest BCUT2D eigenvalue weighted by atomic mass is 10.2. The molecule has 0 bridgehead atoms. The van der Waals surface area contributed by atoms with E-state index in [-0.39, 0.29) is 0 Å². The van der Waals surface area contributed by atoms with Crippen LogP contribution in [-0.4, -0.2) is 1.93 Å². The van der Waals surface area contributed by atoms with Crippen molar-refractivity contribution in [3.8, 4) is 0 Å². The second-order valence-corrected chi connectivity index (χ2v) is 8.86. The molecule has 0 radical (unpaired) electrons. The van der Waals surface area contributed by atoms with Gasteiger partial charge < -0.3 is 0 Å². The lowest BCUT2D eigenvalue weighted by Crippen LogP contribution is -1.91. The van der Waals surface area contributed by atoms with Crippen LogP contribution in [0.15, 0.2) is 24.3 Å². The molecule has 60 valence electrons. The molecule has 3 heteroatoms. The first kappa shape index (κ1) is 10.5. The van der Waals surface area contributed by atoms with Crippen LogP contribution in [0.3, 0.4) is 0 Å². The van der Waals surface area contributed by atoms with Crippen LogP contribution >= 0.6 is 67.8 Å². The van der Waals surface area contributed by atoms with Crippen molar-refractivity contribution in [2.24, 2.45) is 0 Å². The smallest absolute Gasteiger partial charge is 0.0666 e. The van der Waals surface area contributed by atoms with Gasteiger partial charge in [0, 0.05) is 3.57 Å². The van der Waals surface area contributed by atoms with Crippen molar-refractivity contribution in [1.82, 2.24) is 0 Å². The summed E-state index contributed by atoms with van der Waals surface area (Å²) in [5.74, 6) is 0. The zero-order valence-electron chi connectivity index (χ0n) is 5.73. The van der Waals surface area contributed by atoms with E-state index >= 15 is 0 Å². The summed E-state index contributed by atoms with van der Waals surface area (Å²) in [5.41, 5.74) is 1.43. The summed E-state index contributed by atoms with van der Waals surface area (Å²) in [7, 11) is 0. The second kappa shape index (κ2) is 5.21. The Morgan fingerprint density at radius 3 is 2.09 bits per heavy atom. The van der Waals surface area contributed by atoms with Crippen LogP contribution in [0.25, 0.3) is 0 Å². The summed E-state index contributed by atoms with van der Waals surface area (Å²) in [6.07, 6.45) is 1.16. The maximum Gasteiger partial charge on any atom is 0.0666 e. The Morgan fingerprint density at radius 2 is 1.64 bits per heavy atom. The third-order valence-electron chi connectivity index (χ3n) is 1.30. The van der Waals surface area contributed by atoms with Gasteiger partial charge >= 0.3 is 0 Å². The Morgan fingerprint density at radius 1 is 1.09 bits per heavy atom. The second-order valence-electron chi connectivity index (χ2n) is 2.22. The first-order chi connectivity index (χ1) is 5.18. The highest BCUT2D eigenvalue weighted by Gasteiger charge is 1.98. The zero-order valence-corrected chi connectivity index (χ0v) is 12.2. The molecule has 0 aliphatic rings. The van der Waals surface area contributed by atoms with Crippen LogP contribution in [0.4, 0.5) is 0 Å². The minimum atomic E-state index is 0.699. The van der Waals surface area contributed by atoms with E-state index in [9.17, 15) is 0 Å². The number of halogens is 3. The summed E-state index contributed by atoms with van der Waals surface area (Å²) in [4.78, 5) is 0. The van der Waals surface area contributed by atoms with E-state index < -0.39 is 0 Å². The topological polar surface area (TPSA) is 0 Å². The van der Waals surface area contributed by atoms with E-state index in [2.05, 4.69) is 92.0 Å². The van der Waals surface area contributed by atoms with E-state index in [0.717, 1.165) is 6.42 Å². The van der Waals surface area contributed by atoms with Crippen molar-refractivity contribution in [3.05, 3.63) is 33.4 Å². The normalized spacial score (nSPS) is 10.5. The average Bonchev–Trinajstić information content (AvgIpc) is 1.93. The summed E-state index contributed by atoms with van der Waals surface area (Å²) < 4.78 is 2.01. The van der Waals surface area contributed by atoms with Crippen LogP contribution in [-0.2, 0) is 6.42 Å². The van der Waals surface area contributed by atoms with Gasteiger partial charge in [0.25, 0.3) is 0 Å². The quantitative estimate of drug-likeness (QED) is 0.440. The Bertz CT molecular complexity index is 215. The minimum Gasteiger partial charge on any atom is -0.0706 e. The lowest BCUT2D eigenvalue weighted by molar-refractivity contribution is 1.16. The van der Waals surface area contributed by atoms with Crippen molar-refractivity contribution in [3.63, 3.8) is 0 Å². The van der Waals surface area contributed by atoms with Crippen molar-refractivity contribution >= 4 is 67.8 Å². The van der Waals surface area contributed by atoms with Crippen molar-refractivity contribution in [1.29, 1.82) is 0 Å². The lowest BCUT2D eigenvalue weighted by Gasteiger charge is -2.01. The summed E-state index contributed by atoms with van der Waals surface area (Å²) in [6, 6.07) is 8.72. The highest BCUT2D eigenvalue weighted by molar-refractivity contribution is 14.2. The average molecular weight is 484 g/mol. The summed E-state index contributed by atoms with van der Waals surface area (Å²) in [5, 5.41) is 0. The number of alkyl halides is 2. The monoisotopic (exact) mass is 484 g/mol. The zero-order chi connectivity index (χ0) is 8.27. The Hall–Kier alpha value is 1.41. The molecular formula is C8H7I3. The molecule has 0 atom stereocenters. The molecule has 0 unspecified atom stereocenters. The molecule has 0 saturated heterocycles. The fourth-order valence-corrected chi connectivity index (χ4v) is 2.18. The van der Waals surface area contributed by atoms with E-state index in [0.29, 0.717) is 1.93 Å². The first-order valence-electron chi connectivity index (χ1n) is 3.21. The van der Waals surface area contributed by atoms with Crippen molar-refractivity contribution < 1.29 is 0 Å². The van der Waals surface area contributed by atoms with Crippen molar-refractivity contribution in [2.45, 2.75) is 8.35 Å². The maximum absolute atomic E-state index is 2.44. The van der Waals surface area contributed by atoms with Crippen LogP contribution in [0.2, 0.25) is 0 Å². The van der Waals surface area contributed by atoms with Gasteiger partial charge in [-0.25, -0.2) is 0 Å². The Labute approximate surface area is 108 Å². The van der Waals surface area contributed by atoms with Gasteiger partial charge in [0.1, 0.15) is 0 Å². The highest BCUT2D eigenvalue weighted by atomic mass is 127. The van der Waals surface area contributed by atoms with E-state index in [4.69, 9.17) is 0 Å². The molecule has 0 heterocycles. The van der Waals surface area contributed by atoms with Crippen LogP contribution in [0, 0.1) is 3.57 Å². The molecular weight excluding hydrogens is 477 g/mol. The molecule has 0 saturated carbocycles. The van der Waals surface area contributed by atoms with E-state index in [1.807, 2.05) is 0 Å². The van der Waals surface area contributed by atoms with E-state index in [1.165, 1.54) is 9.13 Å². The molecule has 1 rings (SSSR count). The van der Waals surface area contributed by atoms with Gasteiger partial charge in [-0.1, -0.05) is 57.3 Å². The molecule has 0 amide bonds. The van der Waals surface area contributed by atoms with Gasteiger partial charge in [0.05, 0.1) is 1.93 Å². The third-order valence-corrected chi connectivity index (χ3v) is 2.90. The molecule has 0 aliphatic heterocycles. The Kier molecular flexibility index (Phi) is 4.97. The SMILES string of the molecule is Ic1ccc(CC(I)I)cc1. The van der Waals surface area contributed by atoms with Gasteiger partial charge in [-0.2, -0.15) is 0 Å². The van der Waals surface area contributed by atoms with Gasteiger partial charge in [0.15, 0.2) is 0 Å². The van der Waals surface area contributed by atoms with Crippen LogP contribution in [0.5, 0.6) is 0 Å². The molecule has 0 nitrogen and oxygen atoms in total. The molecule has 0 aromatic heterocycles. The van der Waals surface area contributed by atoms with Gasteiger partial charge in [-0.3, -0.25) is 0 Å². The molecule has 0 spiro atoms. The first-order valence-corrected chi connectivity index (χ1v) is 6.78. The molecule has 0 fully saturated rings. The predicted molar refractivity (Wildman–Crippen MR) is 74.7 cm³/mol. The standard InChI is InChI=1S/C8H7I3/c9-7-3-1-6(2-4-7)5-8(10)11/h1-4,8H,5H2. The number of hydrogen-bond donors (Lipinski definition) is 0. The molecule has 0 aliphatic carbocycles. The van der Waals surface area contributed by atoms with Crippen molar-refractivity contribution in [2.75, 3.05) is 0 Å². The van der Waals surface area contributed by atoms with Gasteiger partial charge in [-0.15, -0.1) is 0 Å². The third kappa shape index (κ3) is 4.25. The maximum atomic E-state index is 2.44. The predicted octanol–water partition coefficient (Wildman–Crippen LogP) is 4.03. The molecule has 1 aromatic rings. The largest absolute Gasteiger partial charge is 0.0706 e. The van der Waals surface area contributed by atoms with Gasteiger partial charge in [0.2, 0.25) is 0 Å². The minimum absolute atomic E-state index is 0.699. The number of rotatable bonds is 2. The number of hydrogen-bond acceptors (Lipinski definition) is 0. The Balaban J connectivity index is 2.66. The van der Waals surface area contributed by atoms with E-state index in [1.54, 1.807) is 0 Å². The van der Waals surface area contributed by atoms with Gasteiger partial charge in [-0.05, 0) is 46.7 Å². The molecule has 11 heavy (non-hydrogen) atoms.